The summed E-state index contributed by atoms with van der Waals surface area (Å²) < 4.78 is 0. The molecule has 0 bridgehead atoms. The van der Waals surface area contributed by atoms with Crippen molar-refractivity contribution in [2.24, 2.45) is 5.73 Å². The van der Waals surface area contributed by atoms with E-state index in [-0.39, 0.29) is 11.9 Å². The molecule has 2 aromatic rings. The molecule has 110 valence electrons. The number of nitrogens with two attached hydrogens (primary N) is 1. The van der Waals surface area contributed by atoms with Gasteiger partial charge in [-0.05, 0) is 37.1 Å². The summed E-state index contributed by atoms with van der Waals surface area (Å²) in [4.78, 5) is 13.1. The van der Waals surface area contributed by atoms with Crippen LogP contribution in [0.15, 0.2) is 54.6 Å². The minimum Gasteiger partial charge on any atom is -0.368 e. The van der Waals surface area contributed by atoms with Gasteiger partial charge in [0.15, 0.2) is 0 Å². The average Bonchev–Trinajstić information content (AvgIpc) is 2.49. The number of benzene rings is 2. The van der Waals surface area contributed by atoms with Crippen molar-refractivity contribution in [2.75, 3.05) is 7.05 Å². The molecular formula is C18H22N2O. The highest BCUT2D eigenvalue weighted by Gasteiger charge is 2.14. The van der Waals surface area contributed by atoms with Gasteiger partial charge in [0, 0.05) is 6.54 Å². The number of hydrogen-bond donors (Lipinski definition) is 1. The molecule has 0 fully saturated rings. The van der Waals surface area contributed by atoms with Gasteiger partial charge < -0.3 is 5.73 Å². The number of hydrogen-bond acceptors (Lipinski definition) is 2. The summed E-state index contributed by atoms with van der Waals surface area (Å²) in [5, 5.41) is 0. The van der Waals surface area contributed by atoms with Crippen LogP contribution in [0.4, 0.5) is 0 Å². The largest absolute Gasteiger partial charge is 0.368 e. The molecule has 0 aliphatic rings. The molecular weight excluding hydrogens is 260 g/mol. The maximum absolute atomic E-state index is 11.2. The zero-order valence-corrected chi connectivity index (χ0v) is 12.6. The van der Waals surface area contributed by atoms with Crippen LogP contribution in [-0.2, 0) is 17.8 Å². The average molecular weight is 282 g/mol. The first-order valence-electron chi connectivity index (χ1n) is 7.17. The van der Waals surface area contributed by atoms with Gasteiger partial charge in [-0.2, -0.15) is 0 Å². The Bertz CT molecular complexity index is 578. The SMILES string of the molecule is CC(C(N)=O)N(C)Cc1ccc(Cc2ccccc2)cc1. The van der Waals surface area contributed by atoms with Gasteiger partial charge in [0.05, 0.1) is 6.04 Å². The number of carbonyl (C=O) groups is 1. The Morgan fingerprint density at radius 1 is 1.00 bits per heavy atom. The van der Waals surface area contributed by atoms with Crippen LogP contribution in [0.1, 0.15) is 23.6 Å². The lowest BCUT2D eigenvalue weighted by molar-refractivity contribution is -0.122. The van der Waals surface area contributed by atoms with Crippen LogP contribution >= 0.6 is 0 Å². The summed E-state index contributed by atoms with van der Waals surface area (Å²) in [7, 11) is 1.91. The van der Waals surface area contributed by atoms with Gasteiger partial charge >= 0.3 is 0 Å². The predicted molar refractivity (Wildman–Crippen MR) is 85.8 cm³/mol. The third-order valence-corrected chi connectivity index (χ3v) is 3.78. The zero-order chi connectivity index (χ0) is 15.2. The summed E-state index contributed by atoms with van der Waals surface area (Å²) in [6.07, 6.45) is 0.939. The van der Waals surface area contributed by atoms with Crippen molar-refractivity contribution in [3.05, 3.63) is 71.3 Å². The van der Waals surface area contributed by atoms with Crippen molar-refractivity contribution in [2.45, 2.75) is 25.9 Å². The molecule has 0 saturated carbocycles. The normalized spacial score (nSPS) is 12.3. The second-order valence-electron chi connectivity index (χ2n) is 5.47. The molecule has 3 heteroatoms. The fourth-order valence-corrected chi connectivity index (χ4v) is 2.24. The molecule has 0 aliphatic carbocycles. The van der Waals surface area contributed by atoms with Gasteiger partial charge in [0.25, 0.3) is 0 Å². The van der Waals surface area contributed by atoms with Crippen LogP contribution in [0.2, 0.25) is 0 Å². The van der Waals surface area contributed by atoms with Gasteiger partial charge in [-0.25, -0.2) is 0 Å². The first kappa shape index (κ1) is 15.3. The predicted octanol–water partition coefficient (Wildman–Crippen LogP) is 2.58. The molecule has 0 saturated heterocycles. The van der Waals surface area contributed by atoms with Crippen LogP contribution in [0, 0.1) is 0 Å². The molecule has 3 nitrogen and oxygen atoms in total. The number of rotatable bonds is 6. The monoisotopic (exact) mass is 282 g/mol. The topological polar surface area (TPSA) is 46.3 Å². The minimum atomic E-state index is -0.293. The molecule has 0 radical (unpaired) electrons. The quantitative estimate of drug-likeness (QED) is 0.885. The van der Waals surface area contributed by atoms with Crippen LogP contribution in [0.25, 0.3) is 0 Å². The number of likely N-dealkylation sites (N-methyl/N-ethyl adjacent to an activating group) is 1. The number of carbonyl (C=O) groups excluding carboxylic acids is 1. The molecule has 2 N–H and O–H groups in total. The summed E-state index contributed by atoms with van der Waals surface area (Å²) in [6, 6.07) is 18.7. The Morgan fingerprint density at radius 2 is 1.52 bits per heavy atom. The summed E-state index contributed by atoms with van der Waals surface area (Å²) in [5.74, 6) is -0.293. The van der Waals surface area contributed by atoms with Gasteiger partial charge in [0.1, 0.15) is 0 Å². The molecule has 2 rings (SSSR count). The van der Waals surface area contributed by atoms with Gasteiger partial charge in [-0.15, -0.1) is 0 Å². The molecule has 1 amide bonds. The van der Waals surface area contributed by atoms with E-state index >= 15 is 0 Å². The van der Waals surface area contributed by atoms with Gasteiger partial charge in [-0.1, -0.05) is 54.6 Å². The first-order chi connectivity index (χ1) is 10.1. The second kappa shape index (κ2) is 7.04. The lowest BCUT2D eigenvalue weighted by Crippen LogP contribution is -2.39. The smallest absolute Gasteiger partial charge is 0.234 e. The van der Waals surface area contributed by atoms with Gasteiger partial charge in [0.2, 0.25) is 5.91 Å². The Hall–Kier alpha value is -2.13. The van der Waals surface area contributed by atoms with E-state index in [2.05, 4.69) is 48.5 Å². The van der Waals surface area contributed by atoms with Crippen molar-refractivity contribution >= 4 is 5.91 Å². The Balaban J connectivity index is 1.97. The van der Waals surface area contributed by atoms with Crippen molar-refractivity contribution in [3.8, 4) is 0 Å². The van der Waals surface area contributed by atoms with Crippen LogP contribution < -0.4 is 5.73 Å². The lowest BCUT2D eigenvalue weighted by atomic mass is 10.0. The van der Waals surface area contributed by atoms with Crippen molar-refractivity contribution in [1.29, 1.82) is 0 Å². The number of nitrogens with zero attached hydrogens (tertiary/aromatic N) is 1. The Labute approximate surface area is 126 Å². The van der Waals surface area contributed by atoms with E-state index in [4.69, 9.17) is 5.73 Å². The highest BCUT2D eigenvalue weighted by Crippen LogP contribution is 2.12. The van der Waals surface area contributed by atoms with Crippen molar-refractivity contribution < 1.29 is 4.79 Å². The highest BCUT2D eigenvalue weighted by molar-refractivity contribution is 5.79. The second-order valence-corrected chi connectivity index (χ2v) is 5.47. The molecule has 0 spiro atoms. The number of primary amides is 1. The molecule has 0 aromatic heterocycles. The summed E-state index contributed by atoms with van der Waals surface area (Å²) in [6.45, 7) is 2.54. The van der Waals surface area contributed by atoms with Crippen LogP contribution in [0.5, 0.6) is 0 Å². The summed E-state index contributed by atoms with van der Waals surface area (Å²) >= 11 is 0. The maximum Gasteiger partial charge on any atom is 0.234 e. The Kier molecular flexibility index (Phi) is 5.12. The van der Waals surface area contributed by atoms with E-state index in [0.29, 0.717) is 0 Å². The minimum absolute atomic E-state index is 0.256. The van der Waals surface area contributed by atoms with E-state index in [9.17, 15) is 4.79 Å². The van der Waals surface area contributed by atoms with E-state index in [1.807, 2.05) is 24.9 Å². The molecule has 2 aromatic carbocycles. The van der Waals surface area contributed by atoms with E-state index < -0.39 is 0 Å². The fourth-order valence-electron chi connectivity index (χ4n) is 2.24. The maximum atomic E-state index is 11.2. The molecule has 21 heavy (non-hydrogen) atoms. The molecule has 0 aliphatic heterocycles. The summed E-state index contributed by atoms with van der Waals surface area (Å²) in [5.41, 5.74) is 9.10. The molecule has 1 atom stereocenters. The first-order valence-corrected chi connectivity index (χ1v) is 7.17. The molecule has 1 unspecified atom stereocenters. The van der Waals surface area contributed by atoms with Crippen molar-refractivity contribution in [1.82, 2.24) is 4.90 Å². The van der Waals surface area contributed by atoms with Crippen molar-refractivity contribution in [3.63, 3.8) is 0 Å². The van der Waals surface area contributed by atoms with E-state index in [1.165, 1.54) is 16.7 Å². The fraction of sp³-hybridized carbons (Fsp3) is 0.278. The van der Waals surface area contributed by atoms with Gasteiger partial charge in [-0.3, -0.25) is 9.69 Å². The lowest BCUT2D eigenvalue weighted by Gasteiger charge is -2.21. The van der Waals surface area contributed by atoms with Crippen LogP contribution in [0.3, 0.4) is 0 Å². The van der Waals surface area contributed by atoms with E-state index in [1.54, 1.807) is 0 Å². The zero-order valence-electron chi connectivity index (χ0n) is 12.6. The standard InChI is InChI=1S/C18H22N2O/c1-14(18(19)21)20(2)13-17-10-8-16(9-11-17)12-15-6-4-3-5-7-15/h3-11,14H,12-13H2,1-2H3,(H2,19,21). The van der Waals surface area contributed by atoms with E-state index in [0.717, 1.165) is 13.0 Å². The third kappa shape index (κ3) is 4.43. The van der Waals surface area contributed by atoms with Crippen LogP contribution in [-0.4, -0.2) is 23.9 Å². The third-order valence-electron chi connectivity index (χ3n) is 3.78. The number of amides is 1. The Morgan fingerprint density at radius 3 is 2.10 bits per heavy atom. The molecule has 0 heterocycles. The highest BCUT2D eigenvalue weighted by atomic mass is 16.1.